The normalized spacial score (nSPS) is 15.5. The quantitative estimate of drug-likeness (QED) is 0.648. The van der Waals surface area contributed by atoms with Crippen molar-refractivity contribution in [1.29, 1.82) is 0 Å². The monoisotopic (exact) mass is 404 g/mol. The van der Waals surface area contributed by atoms with Crippen LogP contribution in [0.4, 0.5) is 5.69 Å². The van der Waals surface area contributed by atoms with Gasteiger partial charge in [0.1, 0.15) is 5.75 Å². The third-order valence-corrected chi connectivity index (χ3v) is 5.95. The molecule has 2 aromatic rings. The van der Waals surface area contributed by atoms with Crippen molar-refractivity contribution in [2.75, 3.05) is 43.4 Å². The second-order valence-electron chi connectivity index (χ2n) is 6.46. The van der Waals surface area contributed by atoms with E-state index in [0.717, 1.165) is 37.7 Å². The highest BCUT2D eigenvalue weighted by Gasteiger charge is 2.25. The number of carbonyl (C=O) groups is 1. The predicted octanol–water partition coefficient (Wildman–Crippen LogP) is 4.19. The van der Waals surface area contributed by atoms with E-state index < -0.39 is 0 Å². The van der Waals surface area contributed by atoms with Crippen LogP contribution in [0.5, 0.6) is 5.75 Å². The van der Waals surface area contributed by atoms with Crippen molar-refractivity contribution in [2.45, 2.75) is 12.2 Å². The van der Waals surface area contributed by atoms with E-state index in [4.69, 9.17) is 16.3 Å². The summed E-state index contributed by atoms with van der Waals surface area (Å²) in [5, 5.41) is 0.644. The van der Waals surface area contributed by atoms with Crippen LogP contribution in [0.1, 0.15) is 6.92 Å². The first-order valence-corrected chi connectivity index (χ1v) is 10.6. The molecule has 1 saturated heterocycles. The zero-order valence-electron chi connectivity index (χ0n) is 15.5. The average Bonchev–Trinajstić information content (AvgIpc) is 2.72. The summed E-state index contributed by atoms with van der Waals surface area (Å²) in [7, 11) is 0. The van der Waals surface area contributed by atoms with Gasteiger partial charge in [-0.1, -0.05) is 29.8 Å². The second-order valence-corrected chi connectivity index (χ2v) is 8.35. The summed E-state index contributed by atoms with van der Waals surface area (Å²) < 4.78 is 5.69. The molecule has 0 radical (unpaired) electrons. The number of anilines is 1. The standard InChI is InChI=1S/C21H25ClN2O2S/c1-17(27-16-15-26-20-9-7-18(22)8-10-20)21(25)24-13-11-23(12-14-24)19-5-3-2-4-6-19/h2-10,17H,11-16H2,1H3. The van der Waals surface area contributed by atoms with Gasteiger partial charge >= 0.3 is 0 Å². The van der Waals surface area contributed by atoms with Crippen molar-refractivity contribution >= 4 is 35.0 Å². The Kier molecular flexibility index (Phi) is 7.30. The predicted molar refractivity (Wildman–Crippen MR) is 114 cm³/mol. The number of nitrogens with zero attached hydrogens (tertiary/aromatic N) is 2. The average molecular weight is 405 g/mol. The lowest BCUT2D eigenvalue weighted by atomic mass is 10.2. The van der Waals surface area contributed by atoms with Gasteiger partial charge < -0.3 is 14.5 Å². The number of carbonyl (C=O) groups excluding carboxylic acids is 1. The Morgan fingerprint density at radius 2 is 1.74 bits per heavy atom. The maximum Gasteiger partial charge on any atom is 0.235 e. The van der Waals surface area contributed by atoms with Gasteiger partial charge in [0, 0.05) is 42.6 Å². The largest absolute Gasteiger partial charge is 0.493 e. The number of hydrogen-bond acceptors (Lipinski definition) is 4. The highest BCUT2D eigenvalue weighted by Crippen LogP contribution is 2.20. The summed E-state index contributed by atoms with van der Waals surface area (Å²) in [4.78, 5) is 17.0. The zero-order valence-corrected chi connectivity index (χ0v) is 17.1. The van der Waals surface area contributed by atoms with Gasteiger partial charge in [0.2, 0.25) is 5.91 Å². The Morgan fingerprint density at radius 3 is 2.41 bits per heavy atom. The highest BCUT2D eigenvalue weighted by molar-refractivity contribution is 8.00. The van der Waals surface area contributed by atoms with E-state index in [2.05, 4.69) is 29.2 Å². The van der Waals surface area contributed by atoms with Gasteiger partial charge in [-0.2, -0.15) is 0 Å². The zero-order chi connectivity index (χ0) is 19.1. The van der Waals surface area contributed by atoms with Crippen LogP contribution in [-0.4, -0.2) is 54.6 Å². The first kappa shape index (κ1) is 19.9. The Hall–Kier alpha value is -1.85. The van der Waals surface area contributed by atoms with Crippen LogP contribution in [0.25, 0.3) is 0 Å². The van der Waals surface area contributed by atoms with Gasteiger partial charge in [-0.15, -0.1) is 11.8 Å². The molecule has 1 fully saturated rings. The summed E-state index contributed by atoms with van der Waals surface area (Å²) >= 11 is 7.50. The minimum atomic E-state index is -0.0536. The van der Waals surface area contributed by atoms with E-state index in [1.807, 2.05) is 42.2 Å². The van der Waals surface area contributed by atoms with Crippen LogP contribution in [0.15, 0.2) is 54.6 Å². The van der Waals surface area contributed by atoms with Crippen molar-refractivity contribution in [3.05, 3.63) is 59.6 Å². The van der Waals surface area contributed by atoms with Crippen LogP contribution in [0.3, 0.4) is 0 Å². The maximum absolute atomic E-state index is 12.7. The fourth-order valence-electron chi connectivity index (χ4n) is 3.07. The van der Waals surface area contributed by atoms with Gasteiger partial charge in [0.15, 0.2) is 0 Å². The molecule has 1 aliphatic rings. The number of ether oxygens (including phenoxy) is 1. The Labute approximate surface area is 170 Å². The molecule has 0 N–H and O–H groups in total. The van der Waals surface area contributed by atoms with Crippen LogP contribution < -0.4 is 9.64 Å². The Morgan fingerprint density at radius 1 is 1.07 bits per heavy atom. The van der Waals surface area contributed by atoms with E-state index in [-0.39, 0.29) is 11.2 Å². The van der Waals surface area contributed by atoms with E-state index >= 15 is 0 Å². The van der Waals surface area contributed by atoms with Crippen molar-refractivity contribution in [3.8, 4) is 5.75 Å². The lowest BCUT2D eigenvalue weighted by molar-refractivity contribution is -0.130. The molecule has 144 valence electrons. The third kappa shape index (κ3) is 5.81. The lowest BCUT2D eigenvalue weighted by Crippen LogP contribution is -2.50. The first-order chi connectivity index (χ1) is 13.1. The number of halogens is 1. The fourth-order valence-corrected chi connectivity index (χ4v) is 4.02. The Bertz CT molecular complexity index is 719. The first-order valence-electron chi connectivity index (χ1n) is 9.22. The molecule has 0 aliphatic carbocycles. The molecule has 1 atom stereocenters. The molecule has 1 aliphatic heterocycles. The van der Waals surface area contributed by atoms with Gasteiger partial charge in [0.05, 0.1) is 11.9 Å². The molecular weight excluding hydrogens is 380 g/mol. The minimum absolute atomic E-state index is 0.0536. The molecule has 6 heteroatoms. The number of piperazine rings is 1. The molecule has 1 unspecified atom stereocenters. The second kappa shape index (κ2) is 9.90. The van der Waals surface area contributed by atoms with Crippen molar-refractivity contribution < 1.29 is 9.53 Å². The summed E-state index contributed by atoms with van der Waals surface area (Å²) in [6.07, 6.45) is 0. The van der Waals surface area contributed by atoms with Gasteiger partial charge in [0.25, 0.3) is 0 Å². The van der Waals surface area contributed by atoms with Crippen LogP contribution in [0, 0.1) is 0 Å². The van der Waals surface area contributed by atoms with Crippen molar-refractivity contribution in [1.82, 2.24) is 4.90 Å². The fraction of sp³-hybridized carbons (Fsp3) is 0.381. The summed E-state index contributed by atoms with van der Waals surface area (Å²) in [6, 6.07) is 17.7. The van der Waals surface area contributed by atoms with Gasteiger partial charge in [-0.05, 0) is 43.3 Å². The van der Waals surface area contributed by atoms with E-state index in [1.165, 1.54) is 5.69 Å². The molecule has 0 spiro atoms. The van der Waals surface area contributed by atoms with Crippen LogP contribution in [-0.2, 0) is 4.79 Å². The van der Waals surface area contributed by atoms with E-state index in [0.29, 0.717) is 11.6 Å². The van der Waals surface area contributed by atoms with Crippen molar-refractivity contribution in [2.24, 2.45) is 0 Å². The number of benzene rings is 2. The third-order valence-electron chi connectivity index (χ3n) is 4.59. The summed E-state index contributed by atoms with van der Waals surface area (Å²) in [6.45, 7) is 5.88. The maximum atomic E-state index is 12.7. The molecule has 1 heterocycles. The Balaban J connectivity index is 1.37. The van der Waals surface area contributed by atoms with Gasteiger partial charge in [-0.3, -0.25) is 4.79 Å². The van der Waals surface area contributed by atoms with Gasteiger partial charge in [-0.25, -0.2) is 0 Å². The minimum Gasteiger partial charge on any atom is -0.493 e. The summed E-state index contributed by atoms with van der Waals surface area (Å²) in [5.41, 5.74) is 1.23. The topological polar surface area (TPSA) is 32.8 Å². The molecule has 3 rings (SSSR count). The SMILES string of the molecule is CC(SCCOc1ccc(Cl)cc1)C(=O)N1CCN(c2ccccc2)CC1. The van der Waals surface area contributed by atoms with Crippen LogP contribution >= 0.6 is 23.4 Å². The number of thioether (sulfide) groups is 1. The molecule has 0 bridgehead atoms. The molecule has 0 saturated carbocycles. The molecular formula is C21H25ClN2O2S. The van der Waals surface area contributed by atoms with Crippen molar-refractivity contribution in [3.63, 3.8) is 0 Å². The summed E-state index contributed by atoms with van der Waals surface area (Å²) in [5.74, 6) is 1.80. The van der Waals surface area contributed by atoms with Crippen LogP contribution in [0.2, 0.25) is 5.02 Å². The molecule has 27 heavy (non-hydrogen) atoms. The lowest BCUT2D eigenvalue weighted by Gasteiger charge is -2.37. The molecule has 0 aromatic heterocycles. The number of amides is 1. The number of hydrogen-bond donors (Lipinski definition) is 0. The molecule has 4 nitrogen and oxygen atoms in total. The highest BCUT2D eigenvalue weighted by atomic mass is 35.5. The molecule has 1 amide bonds. The number of rotatable bonds is 7. The van der Waals surface area contributed by atoms with E-state index in [1.54, 1.807) is 11.8 Å². The number of para-hydroxylation sites is 1. The van der Waals surface area contributed by atoms with E-state index in [9.17, 15) is 4.79 Å². The molecule has 2 aromatic carbocycles. The smallest absolute Gasteiger partial charge is 0.235 e.